The molecule has 0 unspecified atom stereocenters. The van der Waals surface area contributed by atoms with E-state index >= 15 is 0 Å². The lowest BCUT2D eigenvalue weighted by atomic mass is 10.3. The molecule has 0 radical (unpaired) electrons. The summed E-state index contributed by atoms with van der Waals surface area (Å²) in [5.74, 6) is 2.41. The zero-order valence-electron chi connectivity index (χ0n) is 12.3. The molecule has 0 spiro atoms. The van der Waals surface area contributed by atoms with Crippen LogP contribution in [-0.4, -0.2) is 32.4 Å². The third-order valence-electron chi connectivity index (χ3n) is 2.92. The first-order valence-electron chi connectivity index (χ1n) is 6.70. The molecular formula is C14H22N2O2S2. The van der Waals surface area contributed by atoms with Crippen molar-refractivity contribution in [3.05, 3.63) is 15.8 Å². The van der Waals surface area contributed by atoms with Crippen LogP contribution in [0.1, 0.15) is 30.7 Å². The van der Waals surface area contributed by atoms with E-state index in [4.69, 9.17) is 6.42 Å². The Morgan fingerprint density at radius 1 is 1.45 bits per heavy atom. The Labute approximate surface area is 126 Å². The van der Waals surface area contributed by atoms with E-state index in [2.05, 4.69) is 18.2 Å². The van der Waals surface area contributed by atoms with Crippen molar-refractivity contribution in [2.75, 3.05) is 19.6 Å². The molecule has 1 aromatic rings. The average Bonchev–Trinajstić information content (AvgIpc) is 2.78. The van der Waals surface area contributed by atoms with Gasteiger partial charge in [-0.1, -0.05) is 19.8 Å². The molecule has 0 saturated carbocycles. The van der Waals surface area contributed by atoms with Crippen LogP contribution >= 0.6 is 11.3 Å². The fourth-order valence-electron chi connectivity index (χ4n) is 1.93. The summed E-state index contributed by atoms with van der Waals surface area (Å²) in [7, 11) is -3.51. The molecule has 4 nitrogen and oxygen atoms in total. The van der Waals surface area contributed by atoms with E-state index in [1.807, 2.05) is 12.3 Å². The van der Waals surface area contributed by atoms with E-state index in [1.165, 1.54) is 15.6 Å². The lowest BCUT2D eigenvalue weighted by Gasteiger charge is -2.19. The van der Waals surface area contributed by atoms with Crippen molar-refractivity contribution >= 4 is 21.4 Å². The Morgan fingerprint density at radius 2 is 2.15 bits per heavy atom. The number of nitrogens with zero attached hydrogens (tertiary/aromatic N) is 1. The maximum atomic E-state index is 12.7. The van der Waals surface area contributed by atoms with Gasteiger partial charge in [0.2, 0.25) is 10.0 Å². The maximum absolute atomic E-state index is 12.7. The summed E-state index contributed by atoms with van der Waals surface area (Å²) in [6.07, 6.45) is 6.28. The van der Waals surface area contributed by atoms with Crippen molar-refractivity contribution in [1.29, 1.82) is 0 Å². The number of terminal acetylenes is 1. The minimum Gasteiger partial charge on any atom is -0.312 e. The highest BCUT2D eigenvalue weighted by molar-refractivity contribution is 7.89. The molecular weight excluding hydrogens is 292 g/mol. The lowest BCUT2D eigenvalue weighted by molar-refractivity contribution is 0.463. The van der Waals surface area contributed by atoms with Gasteiger partial charge in [0.25, 0.3) is 0 Å². The lowest BCUT2D eigenvalue weighted by Crippen LogP contribution is -2.32. The third-order valence-corrected chi connectivity index (χ3v) is 6.30. The Kier molecular flexibility index (Phi) is 6.69. The molecule has 0 saturated heterocycles. The second-order valence-corrected chi connectivity index (χ2v) is 7.32. The molecule has 1 N–H and O–H groups in total. The van der Waals surface area contributed by atoms with E-state index in [0.717, 1.165) is 23.4 Å². The summed E-state index contributed by atoms with van der Waals surface area (Å²) in [4.78, 5) is 1.27. The van der Waals surface area contributed by atoms with Crippen LogP contribution in [0.5, 0.6) is 0 Å². The molecule has 112 valence electrons. The highest BCUT2D eigenvalue weighted by Crippen LogP contribution is 2.29. The summed E-state index contributed by atoms with van der Waals surface area (Å²) >= 11 is 1.48. The van der Waals surface area contributed by atoms with Gasteiger partial charge in [-0.25, -0.2) is 8.42 Å². The normalized spacial score (nSPS) is 11.8. The fourth-order valence-corrected chi connectivity index (χ4v) is 5.03. The number of aryl methyl sites for hydroxylation is 1. The molecule has 1 heterocycles. The maximum Gasteiger partial charge on any atom is 0.245 e. The minimum absolute atomic E-state index is 0.107. The number of hydrogen-bond acceptors (Lipinski definition) is 4. The second kappa shape index (κ2) is 7.79. The number of rotatable bonds is 8. The second-order valence-electron chi connectivity index (χ2n) is 4.48. The first-order chi connectivity index (χ1) is 9.48. The summed E-state index contributed by atoms with van der Waals surface area (Å²) in [5, 5.41) is 5.14. The third kappa shape index (κ3) is 3.83. The summed E-state index contributed by atoms with van der Waals surface area (Å²) < 4.78 is 26.7. The molecule has 0 aromatic carbocycles. The first kappa shape index (κ1) is 17.2. The van der Waals surface area contributed by atoms with E-state index in [0.29, 0.717) is 18.0 Å². The van der Waals surface area contributed by atoms with Crippen LogP contribution in [0.25, 0.3) is 0 Å². The van der Waals surface area contributed by atoms with Crippen molar-refractivity contribution in [3.63, 3.8) is 0 Å². The molecule has 1 aromatic heterocycles. The van der Waals surface area contributed by atoms with Gasteiger partial charge >= 0.3 is 0 Å². The molecule has 20 heavy (non-hydrogen) atoms. The zero-order chi connectivity index (χ0) is 15.2. The Hall–Kier alpha value is -0.870. The summed E-state index contributed by atoms with van der Waals surface area (Å²) in [6, 6.07) is 0. The molecule has 1 rings (SSSR count). The molecule has 0 bridgehead atoms. The number of nitrogens with one attached hydrogen (secondary N) is 1. The van der Waals surface area contributed by atoms with Gasteiger partial charge < -0.3 is 5.32 Å². The van der Waals surface area contributed by atoms with Crippen molar-refractivity contribution in [3.8, 4) is 12.3 Å². The van der Waals surface area contributed by atoms with Crippen molar-refractivity contribution < 1.29 is 8.42 Å². The minimum atomic E-state index is -3.51. The van der Waals surface area contributed by atoms with Gasteiger partial charge in [-0.15, -0.1) is 17.8 Å². The summed E-state index contributed by atoms with van der Waals surface area (Å²) in [5.41, 5.74) is 0.791. The van der Waals surface area contributed by atoms with Gasteiger partial charge in [0.1, 0.15) is 4.90 Å². The van der Waals surface area contributed by atoms with Crippen molar-refractivity contribution in [2.45, 2.75) is 38.6 Å². The highest BCUT2D eigenvalue weighted by atomic mass is 32.2. The molecule has 6 heteroatoms. The molecule has 0 aliphatic carbocycles. The van der Waals surface area contributed by atoms with Gasteiger partial charge in [-0.05, 0) is 30.8 Å². The Bertz CT molecular complexity index is 570. The molecule has 0 atom stereocenters. The van der Waals surface area contributed by atoms with Crippen LogP contribution in [0.4, 0.5) is 0 Å². The van der Waals surface area contributed by atoms with Crippen LogP contribution in [0, 0.1) is 19.3 Å². The smallest absolute Gasteiger partial charge is 0.245 e. The highest BCUT2D eigenvalue weighted by Gasteiger charge is 2.28. The predicted octanol–water partition coefficient (Wildman–Crippen LogP) is 2.20. The fraction of sp³-hybridized carbons (Fsp3) is 0.571. The van der Waals surface area contributed by atoms with Crippen molar-refractivity contribution in [2.24, 2.45) is 0 Å². The van der Waals surface area contributed by atoms with Gasteiger partial charge in [-0.2, -0.15) is 4.31 Å². The van der Waals surface area contributed by atoms with Crippen LogP contribution in [0.3, 0.4) is 0 Å². The topological polar surface area (TPSA) is 49.4 Å². The Balaban J connectivity index is 3.11. The average molecular weight is 314 g/mol. The van der Waals surface area contributed by atoms with Gasteiger partial charge in [-0.3, -0.25) is 0 Å². The van der Waals surface area contributed by atoms with E-state index < -0.39 is 10.0 Å². The van der Waals surface area contributed by atoms with Crippen LogP contribution in [0.2, 0.25) is 0 Å². The SMILES string of the molecule is C#CCN(CC)S(=O)(=O)c1c(C)csc1CNCCC. The van der Waals surface area contributed by atoms with Gasteiger partial charge in [0, 0.05) is 18.0 Å². The Morgan fingerprint density at radius 3 is 2.70 bits per heavy atom. The monoisotopic (exact) mass is 314 g/mol. The predicted molar refractivity (Wildman–Crippen MR) is 84.3 cm³/mol. The quantitative estimate of drug-likeness (QED) is 0.591. The van der Waals surface area contributed by atoms with E-state index in [-0.39, 0.29) is 6.54 Å². The van der Waals surface area contributed by atoms with Crippen LogP contribution < -0.4 is 5.32 Å². The van der Waals surface area contributed by atoms with E-state index in [9.17, 15) is 8.42 Å². The van der Waals surface area contributed by atoms with Gasteiger partial charge in [0.15, 0.2) is 0 Å². The molecule has 0 fully saturated rings. The molecule has 0 aliphatic rings. The van der Waals surface area contributed by atoms with Crippen LogP contribution in [-0.2, 0) is 16.6 Å². The van der Waals surface area contributed by atoms with Gasteiger partial charge in [0.05, 0.1) is 6.54 Å². The van der Waals surface area contributed by atoms with Crippen molar-refractivity contribution in [1.82, 2.24) is 9.62 Å². The summed E-state index contributed by atoms with van der Waals surface area (Å²) in [6.45, 7) is 7.64. The molecule has 0 amide bonds. The van der Waals surface area contributed by atoms with E-state index in [1.54, 1.807) is 6.92 Å². The first-order valence-corrected chi connectivity index (χ1v) is 9.02. The van der Waals surface area contributed by atoms with Crippen LogP contribution in [0.15, 0.2) is 10.3 Å². The molecule has 0 aliphatic heterocycles. The number of hydrogen-bond donors (Lipinski definition) is 1. The zero-order valence-corrected chi connectivity index (χ0v) is 13.9. The largest absolute Gasteiger partial charge is 0.312 e. The number of sulfonamides is 1. The standard InChI is InChI=1S/C14H22N2O2S2/c1-5-8-15-10-13-14(12(4)11-19-13)20(17,18)16(7-3)9-6-2/h2,11,15H,5,7-10H2,1,3-4H3. The number of thiophene rings is 1.